The molecule has 1 rings (SSSR count). The monoisotopic (exact) mass is 194 g/mol. The van der Waals surface area contributed by atoms with E-state index in [0.29, 0.717) is 5.78 Å². The van der Waals surface area contributed by atoms with E-state index >= 15 is 0 Å². The van der Waals surface area contributed by atoms with Crippen LogP contribution >= 0.6 is 0 Å². The van der Waals surface area contributed by atoms with E-state index in [1.807, 2.05) is 6.08 Å². The van der Waals surface area contributed by atoms with Gasteiger partial charge in [-0.1, -0.05) is 32.3 Å². The third-order valence-corrected chi connectivity index (χ3v) is 3.18. The fraction of sp³-hybridized carbons (Fsp3) is 0.769. The molecular formula is C13H22O. The largest absolute Gasteiger partial charge is 0.295 e. The fourth-order valence-electron chi connectivity index (χ4n) is 1.94. The van der Waals surface area contributed by atoms with E-state index in [1.54, 1.807) is 0 Å². The van der Waals surface area contributed by atoms with E-state index in [9.17, 15) is 4.79 Å². The van der Waals surface area contributed by atoms with Gasteiger partial charge in [-0.15, -0.1) is 0 Å². The lowest BCUT2D eigenvalue weighted by Crippen LogP contribution is -2.03. The molecule has 0 unspecified atom stereocenters. The van der Waals surface area contributed by atoms with Gasteiger partial charge in [-0.3, -0.25) is 4.79 Å². The summed E-state index contributed by atoms with van der Waals surface area (Å²) in [6, 6.07) is 0. The second-order valence-corrected chi connectivity index (χ2v) is 4.53. The number of ketones is 1. The van der Waals surface area contributed by atoms with Crippen LogP contribution in [-0.2, 0) is 4.79 Å². The molecule has 80 valence electrons. The maximum Gasteiger partial charge on any atom is 0.155 e. The minimum absolute atomic E-state index is 0.342. The molecule has 0 aromatic rings. The van der Waals surface area contributed by atoms with Gasteiger partial charge < -0.3 is 0 Å². The molecule has 0 saturated carbocycles. The van der Waals surface area contributed by atoms with Gasteiger partial charge in [-0.2, -0.15) is 0 Å². The number of carbonyl (C=O) groups excluding carboxylic acids is 1. The first kappa shape index (κ1) is 11.5. The first-order valence-corrected chi connectivity index (χ1v) is 5.94. The van der Waals surface area contributed by atoms with E-state index in [4.69, 9.17) is 0 Å². The van der Waals surface area contributed by atoms with Crippen LogP contribution < -0.4 is 0 Å². The summed E-state index contributed by atoms with van der Waals surface area (Å²) in [5.41, 5.74) is 1.39. The van der Waals surface area contributed by atoms with E-state index in [2.05, 4.69) is 13.8 Å². The van der Waals surface area contributed by atoms with Gasteiger partial charge in [-0.05, 0) is 37.7 Å². The maximum absolute atomic E-state index is 11.2. The molecule has 0 spiro atoms. The minimum atomic E-state index is 0.342. The molecule has 1 aliphatic rings. The van der Waals surface area contributed by atoms with Crippen molar-refractivity contribution >= 4 is 5.78 Å². The predicted octanol–water partition coefficient (Wildman–Crippen LogP) is 3.88. The lowest BCUT2D eigenvalue weighted by Gasteiger charge is -2.13. The Morgan fingerprint density at radius 3 is 2.86 bits per heavy atom. The van der Waals surface area contributed by atoms with Gasteiger partial charge in [0.25, 0.3) is 0 Å². The molecular weight excluding hydrogens is 172 g/mol. The zero-order valence-corrected chi connectivity index (χ0v) is 9.51. The molecule has 14 heavy (non-hydrogen) atoms. The lowest BCUT2D eigenvalue weighted by molar-refractivity contribution is -0.115. The normalized spacial score (nSPS) is 19.3. The van der Waals surface area contributed by atoms with Crippen molar-refractivity contribution in [2.24, 2.45) is 5.92 Å². The Bertz CT molecular complexity index is 215. The lowest BCUT2D eigenvalue weighted by atomic mass is 9.92. The highest BCUT2D eigenvalue weighted by atomic mass is 16.1. The van der Waals surface area contributed by atoms with Crippen LogP contribution in [-0.4, -0.2) is 5.78 Å². The third kappa shape index (κ3) is 4.08. The van der Waals surface area contributed by atoms with Crippen molar-refractivity contribution in [1.29, 1.82) is 0 Å². The molecule has 1 nitrogen and oxygen atoms in total. The molecule has 0 saturated heterocycles. The topological polar surface area (TPSA) is 17.1 Å². The van der Waals surface area contributed by atoms with Crippen molar-refractivity contribution in [3.8, 4) is 0 Å². The Balaban J connectivity index is 2.21. The first-order chi connectivity index (χ1) is 6.72. The first-order valence-electron chi connectivity index (χ1n) is 5.94. The maximum atomic E-state index is 11.2. The van der Waals surface area contributed by atoms with Gasteiger partial charge in [0, 0.05) is 6.42 Å². The van der Waals surface area contributed by atoms with Crippen LogP contribution in [0.1, 0.15) is 58.8 Å². The second kappa shape index (κ2) is 6.00. The summed E-state index contributed by atoms with van der Waals surface area (Å²) >= 11 is 0. The Morgan fingerprint density at radius 2 is 2.21 bits per heavy atom. The van der Waals surface area contributed by atoms with Crippen molar-refractivity contribution in [3.05, 3.63) is 11.6 Å². The van der Waals surface area contributed by atoms with E-state index in [0.717, 1.165) is 31.6 Å². The SMILES string of the molecule is CC[C@H](C)CCCC1=CC(=O)CCC1. The summed E-state index contributed by atoms with van der Waals surface area (Å²) in [6.45, 7) is 4.55. The quantitative estimate of drug-likeness (QED) is 0.649. The van der Waals surface area contributed by atoms with Gasteiger partial charge in [0.1, 0.15) is 0 Å². The van der Waals surface area contributed by atoms with Gasteiger partial charge in [0.05, 0.1) is 0 Å². The summed E-state index contributed by atoms with van der Waals surface area (Å²) in [5, 5.41) is 0. The number of rotatable bonds is 5. The van der Waals surface area contributed by atoms with E-state index < -0.39 is 0 Å². The van der Waals surface area contributed by atoms with Crippen molar-refractivity contribution in [2.45, 2.75) is 58.8 Å². The molecule has 0 bridgehead atoms. The van der Waals surface area contributed by atoms with Crippen LogP contribution in [0.3, 0.4) is 0 Å². The van der Waals surface area contributed by atoms with E-state index in [-0.39, 0.29) is 0 Å². The van der Waals surface area contributed by atoms with Crippen molar-refractivity contribution in [2.75, 3.05) is 0 Å². The summed E-state index contributed by atoms with van der Waals surface area (Å²) in [7, 11) is 0. The average molecular weight is 194 g/mol. The van der Waals surface area contributed by atoms with Gasteiger partial charge in [-0.25, -0.2) is 0 Å². The summed E-state index contributed by atoms with van der Waals surface area (Å²) in [5.74, 6) is 1.18. The van der Waals surface area contributed by atoms with Crippen LogP contribution in [0.2, 0.25) is 0 Å². The molecule has 0 fully saturated rings. The molecule has 0 aromatic carbocycles. The Hall–Kier alpha value is -0.590. The van der Waals surface area contributed by atoms with Crippen LogP contribution in [0.4, 0.5) is 0 Å². The Kier molecular flexibility index (Phi) is 4.92. The predicted molar refractivity (Wildman–Crippen MR) is 60.2 cm³/mol. The molecule has 0 N–H and O–H groups in total. The molecule has 0 radical (unpaired) electrons. The number of carbonyl (C=O) groups is 1. The highest BCUT2D eigenvalue weighted by molar-refractivity contribution is 5.91. The molecule has 0 heterocycles. The third-order valence-electron chi connectivity index (χ3n) is 3.18. The average Bonchev–Trinajstić information content (AvgIpc) is 2.17. The molecule has 0 aromatic heterocycles. The zero-order valence-electron chi connectivity index (χ0n) is 9.51. The molecule has 1 heteroatoms. The smallest absolute Gasteiger partial charge is 0.155 e. The summed E-state index contributed by atoms with van der Waals surface area (Å²) in [6.07, 6.45) is 9.89. The minimum Gasteiger partial charge on any atom is -0.295 e. The van der Waals surface area contributed by atoms with Crippen molar-refractivity contribution < 1.29 is 4.79 Å². The highest BCUT2D eigenvalue weighted by Gasteiger charge is 2.09. The molecule has 0 aliphatic heterocycles. The zero-order chi connectivity index (χ0) is 10.4. The summed E-state index contributed by atoms with van der Waals surface area (Å²) < 4.78 is 0. The van der Waals surface area contributed by atoms with Crippen LogP contribution in [0.25, 0.3) is 0 Å². The summed E-state index contributed by atoms with van der Waals surface area (Å²) in [4.78, 5) is 11.2. The van der Waals surface area contributed by atoms with Crippen LogP contribution in [0, 0.1) is 5.92 Å². The molecule has 0 amide bonds. The molecule has 1 aliphatic carbocycles. The van der Waals surface area contributed by atoms with Gasteiger partial charge in [0.2, 0.25) is 0 Å². The Labute approximate surface area is 87.6 Å². The molecule has 1 atom stereocenters. The number of hydrogen-bond acceptors (Lipinski definition) is 1. The number of hydrogen-bond donors (Lipinski definition) is 0. The Morgan fingerprint density at radius 1 is 1.43 bits per heavy atom. The van der Waals surface area contributed by atoms with Crippen molar-refractivity contribution in [3.63, 3.8) is 0 Å². The highest BCUT2D eigenvalue weighted by Crippen LogP contribution is 2.22. The standard InChI is InChI=1S/C13H22O/c1-3-11(2)6-4-7-12-8-5-9-13(14)10-12/h10-11H,3-9H2,1-2H3/t11-/m0/s1. The fourth-order valence-corrected chi connectivity index (χ4v) is 1.94. The van der Waals surface area contributed by atoms with Crippen LogP contribution in [0.5, 0.6) is 0 Å². The van der Waals surface area contributed by atoms with Crippen LogP contribution in [0.15, 0.2) is 11.6 Å². The van der Waals surface area contributed by atoms with Gasteiger partial charge in [0.15, 0.2) is 5.78 Å². The second-order valence-electron chi connectivity index (χ2n) is 4.53. The van der Waals surface area contributed by atoms with E-state index in [1.165, 1.54) is 24.8 Å². The van der Waals surface area contributed by atoms with Gasteiger partial charge >= 0.3 is 0 Å². The number of allylic oxidation sites excluding steroid dienone is 2. The van der Waals surface area contributed by atoms with Crippen molar-refractivity contribution in [1.82, 2.24) is 0 Å².